The molecule has 1 amide bonds. The molecule has 0 bridgehead atoms. The molecule has 6 N–H and O–H groups in total. The van der Waals surface area contributed by atoms with E-state index in [9.17, 15) is 4.79 Å². The number of nitrogens with zero attached hydrogens (tertiary/aromatic N) is 2. The Morgan fingerprint density at radius 3 is 2.75 bits per heavy atom. The summed E-state index contributed by atoms with van der Waals surface area (Å²) in [7, 11) is 0. The van der Waals surface area contributed by atoms with Gasteiger partial charge in [0.05, 0.1) is 5.69 Å². The number of hydrogen-bond acceptors (Lipinski definition) is 4. The minimum atomic E-state index is -0.264. The molecule has 0 aliphatic carbocycles. The summed E-state index contributed by atoms with van der Waals surface area (Å²) in [5.41, 5.74) is 16.4. The first kappa shape index (κ1) is 12.4. The third-order valence-corrected chi connectivity index (χ3v) is 2.65. The zero-order valence-corrected chi connectivity index (χ0v) is 9.67. The van der Waals surface area contributed by atoms with Gasteiger partial charge >= 0.3 is 0 Å². The average Bonchev–Trinajstić information content (AvgIpc) is 2.59. The van der Waals surface area contributed by atoms with Crippen LogP contribution in [0.2, 0.25) is 0 Å². The number of carbonyl (C=O) groups excluding carboxylic acids is 1. The zero-order valence-electron chi connectivity index (χ0n) is 8.85. The summed E-state index contributed by atoms with van der Waals surface area (Å²) < 4.78 is 0. The van der Waals surface area contributed by atoms with E-state index in [0.29, 0.717) is 11.6 Å². The van der Waals surface area contributed by atoms with Crippen molar-refractivity contribution in [2.24, 2.45) is 22.2 Å². The van der Waals surface area contributed by atoms with Crippen LogP contribution in [0.3, 0.4) is 0 Å². The Morgan fingerprint density at radius 1 is 1.38 bits per heavy atom. The minimum absolute atomic E-state index is 0.00892. The molecule has 6 nitrogen and oxygen atoms in total. The molecule has 7 heteroatoms. The summed E-state index contributed by atoms with van der Waals surface area (Å²) in [6, 6.07) is 0. The van der Waals surface area contributed by atoms with Crippen LogP contribution in [0.4, 0.5) is 5.13 Å². The summed E-state index contributed by atoms with van der Waals surface area (Å²) in [4.78, 5) is 18.6. The van der Waals surface area contributed by atoms with Crippen molar-refractivity contribution in [2.75, 3.05) is 0 Å². The van der Waals surface area contributed by atoms with Crippen LogP contribution in [0.15, 0.2) is 10.4 Å². The van der Waals surface area contributed by atoms with Crippen molar-refractivity contribution in [2.45, 2.75) is 25.7 Å². The number of aliphatic imine (C=N–C) groups is 1. The smallest absolute Gasteiger partial charge is 0.217 e. The summed E-state index contributed by atoms with van der Waals surface area (Å²) in [6.45, 7) is 0. The largest absolute Gasteiger partial charge is 0.370 e. The Labute approximate surface area is 97.6 Å². The van der Waals surface area contributed by atoms with Gasteiger partial charge < -0.3 is 17.2 Å². The lowest BCUT2D eigenvalue weighted by Gasteiger charge is -1.95. The first-order valence-electron chi connectivity index (χ1n) is 4.90. The monoisotopic (exact) mass is 241 g/mol. The van der Waals surface area contributed by atoms with Gasteiger partial charge in [-0.3, -0.25) is 4.79 Å². The van der Waals surface area contributed by atoms with Gasteiger partial charge in [0, 0.05) is 11.8 Å². The van der Waals surface area contributed by atoms with Gasteiger partial charge in [-0.25, -0.2) is 4.98 Å². The van der Waals surface area contributed by atoms with Crippen LogP contribution in [0.1, 0.15) is 25.0 Å². The SMILES string of the molecule is NC(=O)CCCCc1csc(N=C(N)N)n1. The van der Waals surface area contributed by atoms with E-state index < -0.39 is 0 Å². The van der Waals surface area contributed by atoms with Gasteiger partial charge in [0.25, 0.3) is 0 Å². The Balaban J connectivity index is 2.35. The van der Waals surface area contributed by atoms with E-state index in [0.717, 1.165) is 25.0 Å². The average molecular weight is 241 g/mol. The normalized spacial score (nSPS) is 10.0. The molecular weight excluding hydrogens is 226 g/mol. The standard InChI is InChI=1S/C9H15N5OS/c10-7(15)4-2-1-3-6-5-16-9(13-6)14-8(11)12/h5H,1-4H2,(H2,10,15)(H4,11,12,13,14). The molecule has 0 aliphatic heterocycles. The molecule has 0 aromatic carbocycles. The van der Waals surface area contributed by atoms with E-state index in [1.54, 1.807) is 0 Å². The number of nitrogens with two attached hydrogens (primary N) is 3. The lowest BCUT2D eigenvalue weighted by molar-refractivity contribution is -0.118. The number of primary amides is 1. The predicted molar refractivity (Wildman–Crippen MR) is 64.3 cm³/mol. The van der Waals surface area contributed by atoms with Gasteiger partial charge in [-0.1, -0.05) is 0 Å². The number of aryl methyl sites for hydroxylation is 1. The molecule has 1 heterocycles. The zero-order chi connectivity index (χ0) is 12.0. The molecule has 0 saturated carbocycles. The molecule has 1 aromatic heterocycles. The molecule has 0 radical (unpaired) electrons. The second-order valence-electron chi connectivity index (χ2n) is 3.33. The fourth-order valence-corrected chi connectivity index (χ4v) is 1.92. The van der Waals surface area contributed by atoms with Crippen LogP contribution in [-0.2, 0) is 11.2 Å². The van der Waals surface area contributed by atoms with E-state index in [1.165, 1.54) is 11.3 Å². The molecule has 1 aromatic rings. The van der Waals surface area contributed by atoms with Crippen molar-refractivity contribution in [3.63, 3.8) is 0 Å². The van der Waals surface area contributed by atoms with E-state index >= 15 is 0 Å². The first-order valence-corrected chi connectivity index (χ1v) is 5.78. The second kappa shape index (κ2) is 6.06. The number of amides is 1. The Hall–Kier alpha value is -1.63. The van der Waals surface area contributed by atoms with Gasteiger partial charge in [0.2, 0.25) is 11.0 Å². The maximum absolute atomic E-state index is 10.5. The van der Waals surface area contributed by atoms with Crippen LogP contribution in [0.5, 0.6) is 0 Å². The molecule has 0 spiro atoms. The highest BCUT2D eigenvalue weighted by molar-refractivity contribution is 7.13. The third-order valence-electron chi connectivity index (χ3n) is 1.87. The fraction of sp³-hybridized carbons (Fsp3) is 0.444. The van der Waals surface area contributed by atoms with Gasteiger partial charge in [-0.15, -0.1) is 11.3 Å². The van der Waals surface area contributed by atoms with Crippen molar-refractivity contribution in [3.05, 3.63) is 11.1 Å². The van der Waals surface area contributed by atoms with Crippen LogP contribution in [-0.4, -0.2) is 16.9 Å². The van der Waals surface area contributed by atoms with Gasteiger partial charge in [0.15, 0.2) is 5.96 Å². The Morgan fingerprint density at radius 2 is 2.12 bits per heavy atom. The van der Waals surface area contributed by atoms with Crippen molar-refractivity contribution in [1.82, 2.24) is 4.98 Å². The van der Waals surface area contributed by atoms with Crippen LogP contribution >= 0.6 is 11.3 Å². The summed E-state index contributed by atoms with van der Waals surface area (Å²) in [5, 5.41) is 2.47. The predicted octanol–water partition coefficient (Wildman–Crippen LogP) is 0.246. The Kier molecular flexibility index (Phi) is 4.71. The van der Waals surface area contributed by atoms with Gasteiger partial charge in [0.1, 0.15) is 0 Å². The summed E-state index contributed by atoms with van der Waals surface area (Å²) >= 11 is 1.39. The highest BCUT2D eigenvalue weighted by Crippen LogP contribution is 2.19. The lowest BCUT2D eigenvalue weighted by atomic mass is 10.1. The molecule has 0 fully saturated rings. The summed E-state index contributed by atoms with van der Waals surface area (Å²) in [5.74, 6) is -0.255. The fourth-order valence-electron chi connectivity index (χ4n) is 1.18. The molecule has 88 valence electrons. The maximum Gasteiger partial charge on any atom is 0.217 e. The minimum Gasteiger partial charge on any atom is -0.370 e. The van der Waals surface area contributed by atoms with Gasteiger partial charge in [-0.2, -0.15) is 4.99 Å². The van der Waals surface area contributed by atoms with E-state index in [1.807, 2.05) is 5.38 Å². The van der Waals surface area contributed by atoms with Crippen molar-refractivity contribution >= 4 is 28.3 Å². The molecule has 1 rings (SSSR count). The maximum atomic E-state index is 10.5. The molecular formula is C9H15N5OS. The highest BCUT2D eigenvalue weighted by Gasteiger charge is 2.01. The number of guanidine groups is 1. The number of unbranched alkanes of at least 4 members (excludes halogenated alkanes) is 1. The number of hydrogen-bond donors (Lipinski definition) is 3. The molecule has 0 atom stereocenters. The number of carbonyl (C=O) groups is 1. The number of aromatic nitrogens is 1. The van der Waals surface area contributed by atoms with E-state index in [4.69, 9.17) is 17.2 Å². The van der Waals surface area contributed by atoms with Crippen molar-refractivity contribution < 1.29 is 4.79 Å². The third kappa shape index (κ3) is 4.74. The van der Waals surface area contributed by atoms with Crippen LogP contribution < -0.4 is 17.2 Å². The van der Waals surface area contributed by atoms with Crippen molar-refractivity contribution in [3.8, 4) is 0 Å². The second-order valence-corrected chi connectivity index (χ2v) is 4.17. The highest BCUT2D eigenvalue weighted by atomic mass is 32.1. The summed E-state index contributed by atoms with van der Waals surface area (Å²) in [6.07, 6.45) is 2.90. The first-order chi connectivity index (χ1) is 7.58. The van der Waals surface area contributed by atoms with Gasteiger partial charge in [-0.05, 0) is 19.3 Å². The van der Waals surface area contributed by atoms with Crippen LogP contribution in [0, 0.1) is 0 Å². The Bertz CT molecular complexity index is 383. The lowest BCUT2D eigenvalue weighted by Crippen LogP contribution is -2.21. The van der Waals surface area contributed by atoms with Crippen molar-refractivity contribution in [1.29, 1.82) is 0 Å². The molecule has 0 saturated heterocycles. The molecule has 0 unspecified atom stereocenters. The van der Waals surface area contributed by atoms with Crippen LogP contribution in [0.25, 0.3) is 0 Å². The van der Waals surface area contributed by atoms with E-state index in [-0.39, 0.29) is 11.9 Å². The number of thiazole rings is 1. The molecule has 0 aliphatic rings. The quantitative estimate of drug-likeness (QED) is 0.375. The van der Waals surface area contributed by atoms with E-state index in [2.05, 4.69) is 9.98 Å². The number of rotatable bonds is 6. The molecule has 16 heavy (non-hydrogen) atoms. The topological polar surface area (TPSA) is 120 Å².